The third-order valence-electron chi connectivity index (χ3n) is 3.32. The summed E-state index contributed by atoms with van der Waals surface area (Å²) >= 11 is 0. The molecule has 0 bridgehead atoms. The first-order valence-electron chi connectivity index (χ1n) is 7.90. The zero-order chi connectivity index (χ0) is 17.5. The Balaban J connectivity index is 2.48. The second-order valence-electron chi connectivity index (χ2n) is 6.92. The molecule has 0 heterocycles. The molecule has 2 N–H and O–H groups in total. The summed E-state index contributed by atoms with van der Waals surface area (Å²) in [7, 11) is 0. The maximum atomic E-state index is 11.7. The number of ether oxygens (including phenoxy) is 1. The summed E-state index contributed by atoms with van der Waals surface area (Å²) in [6, 6.07) is 9.73. The SMILES string of the molecule is CC(C)C(CNC(=O)OC(C)(C)C)NCc1ccc(C#N)cc1. The third kappa shape index (κ3) is 7.66. The average molecular weight is 317 g/mol. The number of nitrogens with zero attached hydrogens (tertiary/aromatic N) is 1. The molecule has 126 valence electrons. The van der Waals surface area contributed by atoms with Gasteiger partial charge in [0, 0.05) is 19.1 Å². The molecule has 0 aliphatic carbocycles. The van der Waals surface area contributed by atoms with Crippen molar-refractivity contribution in [1.29, 1.82) is 5.26 Å². The van der Waals surface area contributed by atoms with Crippen LogP contribution in [-0.2, 0) is 11.3 Å². The van der Waals surface area contributed by atoms with Gasteiger partial charge < -0.3 is 15.4 Å². The number of nitriles is 1. The maximum absolute atomic E-state index is 11.7. The van der Waals surface area contributed by atoms with Gasteiger partial charge in [-0.15, -0.1) is 0 Å². The van der Waals surface area contributed by atoms with Crippen molar-refractivity contribution in [1.82, 2.24) is 10.6 Å². The van der Waals surface area contributed by atoms with E-state index in [1.54, 1.807) is 12.1 Å². The minimum Gasteiger partial charge on any atom is -0.444 e. The van der Waals surface area contributed by atoms with Crippen LogP contribution in [0.25, 0.3) is 0 Å². The molecule has 1 unspecified atom stereocenters. The van der Waals surface area contributed by atoms with E-state index in [0.29, 0.717) is 24.6 Å². The van der Waals surface area contributed by atoms with E-state index >= 15 is 0 Å². The summed E-state index contributed by atoms with van der Waals surface area (Å²) < 4.78 is 5.25. The lowest BCUT2D eigenvalue weighted by molar-refractivity contribution is 0.0519. The average Bonchev–Trinajstić information content (AvgIpc) is 2.45. The van der Waals surface area contributed by atoms with Crippen LogP contribution in [0.2, 0.25) is 0 Å². The predicted molar refractivity (Wildman–Crippen MR) is 90.9 cm³/mol. The van der Waals surface area contributed by atoms with Crippen molar-refractivity contribution in [2.24, 2.45) is 5.92 Å². The molecule has 5 nitrogen and oxygen atoms in total. The van der Waals surface area contributed by atoms with Crippen LogP contribution in [0.3, 0.4) is 0 Å². The first-order valence-corrected chi connectivity index (χ1v) is 7.90. The highest BCUT2D eigenvalue weighted by atomic mass is 16.6. The first kappa shape index (κ1) is 19.0. The topological polar surface area (TPSA) is 74.2 Å². The van der Waals surface area contributed by atoms with E-state index in [-0.39, 0.29) is 6.04 Å². The molecule has 1 amide bonds. The summed E-state index contributed by atoms with van der Waals surface area (Å²) in [5.41, 5.74) is 1.26. The van der Waals surface area contributed by atoms with Crippen LogP contribution in [0.15, 0.2) is 24.3 Å². The molecule has 1 aromatic rings. The second kappa shape index (κ2) is 8.54. The van der Waals surface area contributed by atoms with Crippen molar-refractivity contribution in [3.05, 3.63) is 35.4 Å². The number of nitrogens with one attached hydrogen (secondary N) is 2. The highest BCUT2D eigenvalue weighted by Crippen LogP contribution is 2.08. The smallest absolute Gasteiger partial charge is 0.407 e. The van der Waals surface area contributed by atoms with Gasteiger partial charge in [-0.05, 0) is 44.4 Å². The predicted octanol–water partition coefficient (Wildman–Crippen LogP) is 3.20. The van der Waals surface area contributed by atoms with Crippen LogP contribution >= 0.6 is 0 Å². The Bertz CT molecular complexity index is 539. The molecule has 23 heavy (non-hydrogen) atoms. The zero-order valence-corrected chi connectivity index (χ0v) is 14.6. The number of hydrogen-bond donors (Lipinski definition) is 2. The van der Waals surface area contributed by atoms with Crippen LogP contribution in [-0.4, -0.2) is 24.3 Å². The Morgan fingerprint density at radius 1 is 1.26 bits per heavy atom. The minimum absolute atomic E-state index is 0.137. The fourth-order valence-corrected chi connectivity index (χ4v) is 2.00. The number of carbonyl (C=O) groups excluding carboxylic acids is 1. The van der Waals surface area contributed by atoms with Crippen LogP contribution < -0.4 is 10.6 Å². The van der Waals surface area contributed by atoms with Gasteiger partial charge in [0.05, 0.1) is 11.6 Å². The van der Waals surface area contributed by atoms with Gasteiger partial charge in [0.1, 0.15) is 5.60 Å². The van der Waals surface area contributed by atoms with E-state index in [2.05, 4.69) is 30.6 Å². The van der Waals surface area contributed by atoms with Crippen LogP contribution in [0, 0.1) is 17.2 Å². The van der Waals surface area contributed by atoms with Crippen molar-refractivity contribution < 1.29 is 9.53 Å². The Morgan fingerprint density at radius 3 is 2.35 bits per heavy atom. The Morgan fingerprint density at radius 2 is 1.87 bits per heavy atom. The van der Waals surface area contributed by atoms with Crippen LogP contribution in [0.5, 0.6) is 0 Å². The van der Waals surface area contributed by atoms with E-state index in [1.165, 1.54) is 0 Å². The van der Waals surface area contributed by atoms with Crippen LogP contribution in [0.4, 0.5) is 4.79 Å². The van der Waals surface area contributed by atoms with Crippen molar-refractivity contribution in [3.8, 4) is 6.07 Å². The zero-order valence-electron chi connectivity index (χ0n) is 14.6. The number of hydrogen-bond acceptors (Lipinski definition) is 4. The van der Waals surface area contributed by atoms with Crippen LogP contribution in [0.1, 0.15) is 45.7 Å². The quantitative estimate of drug-likeness (QED) is 0.845. The van der Waals surface area contributed by atoms with Gasteiger partial charge in [0.25, 0.3) is 0 Å². The van der Waals surface area contributed by atoms with Gasteiger partial charge in [-0.3, -0.25) is 0 Å². The summed E-state index contributed by atoms with van der Waals surface area (Å²) in [4.78, 5) is 11.7. The number of benzene rings is 1. The molecule has 0 aliphatic heterocycles. The lowest BCUT2D eigenvalue weighted by Crippen LogP contribution is -2.45. The third-order valence-corrected chi connectivity index (χ3v) is 3.32. The van der Waals surface area contributed by atoms with Crippen molar-refractivity contribution in [3.63, 3.8) is 0 Å². The minimum atomic E-state index is -0.493. The normalized spacial score (nSPS) is 12.6. The molecule has 0 radical (unpaired) electrons. The molecule has 1 aromatic carbocycles. The van der Waals surface area contributed by atoms with Crippen molar-refractivity contribution in [2.45, 2.75) is 52.8 Å². The molecule has 0 fully saturated rings. The molecule has 0 spiro atoms. The van der Waals surface area contributed by atoms with Crippen molar-refractivity contribution in [2.75, 3.05) is 6.54 Å². The molecular weight excluding hydrogens is 290 g/mol. The molecule has 0 aliphatic rings. The van der Waals surface area contributed by atoms with E-state index in [9.17, 15) is 4.79 Å². The first-order chi connectivity index (χ1) is 10.7. The van der Waals surface area contributed by atoms with Gasteiger partial charge in [-0.2, -0.15) is 5.26 Å². The number of carbonyl (C=O) groups is 1. The molecule has 5 heteroatoms. The monoisotopic (exact) mass is 317 g/mol. The van der Waals surface area contributed by atoms with E-state index in [4.69, 9.17) is 10.00 Å². The number of rotatable bonds is 6. The van der Waals surface area contributed by atoms with E-state index < -0.39 is 11.7 Å². The van der Waals surface area contributed by atoms with Gasteiger partial charge in [-0.1, -0.05) is 26.0 Å². The fourth-order valence-electron chi connectivity index (χ4n) is 2.00. The van der Waals surface area contributed by atoms with Gasteiger partial charge in [0.15, 0.2) is 0 Å². The summed E-state index contributed by atoms with van der Waals surface area (Å²) in [5, 5.41) is 15.1. The largest absolute Gasteiger partial charge is 0.444 e. The Kier molecular flexibility index (Phi) is 7.05. The molecule has 1 rings (SSSR count). The highest BCUT2D eigenvalue weighted by molar-refractivity contribution is 5.67. The lowest BCUT2D eigenvalue weighted by Gasteiger charge is -2.25. The molecule has 0 saturated heterocycles. The molecule has 1 atom stereocenters. The van der Waals surface area contributed by atoms with Gasteiger partial charge in [-0.25, -0.2) is 4.79 Å². The van der Waals surface area contributed by atoms with E-state index in [0.717, 1.165) is 5.56 Å². The number of amides is 1. The van der Waals surface area contributed by atoms with E-state index in [1.807, 2.05) is 32.9 Å². The molecule has 0 aromatic heterocycles. The van der Waals surface area contributed by atoms with Gasteiger partial charge in [0.2, 0.25) is 0 Å². The highest BCUT2D eigenvalue weighted by Gasteiger charge is 2.18. The standard InChI is InChI=1S/C18H27N3O2/c1-13(2)16(12-21-17(22)23-18(3,4)5)20-11-15-8-6-14(10-19)7-9-15/h6-9,13,16,20H,11-12H2,1-5H3,(H,21,22). The Hall–Kier alpha value is -2.06. The lowest BCUT2D eigenvalue weighted by atomic mass is 10.0. The van der Waals surface area contributed by atoms with Crippen molar-refractivity contribution >= 4 is 6.09 Å². The Labute approximate surface area is 139 Å². The second-order valence-corrected chi connectivity index (χ2v) is 6.92. The summed E-state index contributed by atoms with van der Waals surface area (Å²) in [6.07, 6.45) is -0.400. The maximum Gasteiger partial charge on any atom is 0.407 e. The molecular formula is C18H27N3O2. The summed E-state index contributed by atoms with van der Waals surface area (Å²) in [6.45, 7) is 10.9. The summed E-state index contributed by atoms with van der Waals surface area (Å²) in [5.74, 6) is 0.364. The van der Waals surface area contributed by atoms with Gasteiger partial charge >= 0.3 is 6.09 Å². The number of alkyl carbamates (subject to hydrolysis) is 1. The molecule has 0 saturated carbocycles. The fraction of sp³-hybridized carbons (Fsp3) is 0.556.